The van der Waals surface area contributed by atoms with Crippen molar-refractivity contribution in [3.63, 3.8) is 0 Å². The van der Waals surface area contributed by atoms with Crippen LogP contribution in [0.2, 0.25) is 5.02 Å². The number of nitrogens with zero attached hydrogens (tertiary/aromatic N) is 2. The van der Waals surface area contributed by atoms with Crippen LogP contribution in [-0.2, 0) is 6.42 Å². The van der Waals surface area contributed by atoms with E-state index in [0.717, 1.165) is 43.7 Å². The van der Waals surface area contributed by atoms with E-state index in [1.807, 2.05) is 37.3 Å². The predicted molar refractivity (Wildman–Crippen MR) is 119 cm³/mol. The quantitative estimate of drug-likeness (QED) is 0.806. The first kappa shape index (κ1) is 20.4. The Morgan fingerprint density at radius 1 is 1.10 bits per heavy atom. The Morgan fingerprint density at radius 2 is 1.83 bits per heavy atom. The van der Waals surface area contributed by atoms with E-state index in [-0.39, 0.29) is 11.9 Å². The van der Waals surface area contributed by atoms with Gasteiger partial charge in [0, 0.05) is 42.8 Å². The van der Waals surface area contributed by atoms with Crippen LogP contribution >= 0.6 is 11.6 Å². The molecular formula is C24H30ClN3O. The molecule has 1 amide bonds. The second kappa shape index (κ2) is 8.86. The Kier molecular flexibility index (Phi) is 6.23. The number of rotatable bonds is 4. The lowest BCUT2D eigenvalue weighted by Crippen LogP contribution is -2.46. The summed E-state index contributed by atoms with van der Waals surface area (Å²) in [7, 11) is 2.19. The van der Waals surface area contributed by atoms with E-state index in [4.69, 9.17) is 11.6 Å². The molecule has 2 aromatic rings. The van der Waals surface area contributed by atoms with Crippen LogP contribution in [-0.4, -0.2) is 48.9 Å². The molecule has 0 saturated carbocycles. The summed E-state index contributed by atoms with van der Waals surface area (Å²) >= 11 is 5.98. The van der Waals surface area contributed by atoms with Crippen molar-refractivity contribution in [2.45, 2.75) is 38.3 Å². The van der Waals surface area contributed by atoms with Gasteiger partial charge >= 0.3 is 0 Å². The molecule has 2 aliphatic rings. The van der Waals surface area contributed by atoms with Crippen LogP contribution in [0.15, 0.2) is 42.5 Å². The van der Waals surface area contributed by atoms with Gasteiger partial charge < -0.3 is 10.2 Å². The highest BCUT2D eigenvalue weighted by Crippen LogP contribution is 2.35. The summed E-state index contributed by atoms with van der Waals surface area (Å²) in [6.07, 6.45) is 3.52. The fourth-order valence-corrected chi connectivity index (χ4v) is 4.67. The molecular weight excluding hydrogens is 382 g/mol. The first-order valence-electron chi connectivity index (χ1n) is 10.6. The molecule has 1 aliphatic carbocycles. The molecule has 2 aromatic carbocycles. The number of nitrogens with one attached hydrogen (secondary N) is 1. The summed E-state index contributed by atoms with van der Waals surface area (Å²) in [4.78, 5) is 17.9. The minimum absolute atomic E-state index is 0.0158. The number of halogens is 1. The van der Waals surface area contributed by atoms with Crippen LogP contribution in [0.5, 0.6) is 0 Å². The lowest BCUT2D eigenvalue weighted by atomic mass is 9.85. The number of carbonyl (C=O) groups is 1. The second-order valence-corrected chi connectivity index (χ2v) is 8.84. The molecule has 154 valence electrons. The van der Waals surface area contributed by atoms with E-state index in [9.17, 15) is 4.79 Å². The summed E-state index contributed by atoms with van der Waals surface area (Å²) in [5.74, 6) is -0.0158. The molecule has 2 unspecified atom stereocenters. The lowest BCUT2D eigenvalue weighted by molar-refractivity contribution is 0.0937. The maximum absolute atomic E-state index is 12.9. The van der Waals surface area contributed by atoms with Crippen LogP contribution in [0.25, 0.3) is 0 Å². The van der Waals surface area contributed by atoms with Crippen LogP contribution < -0.4 is 5.32 Å². The van der Waals surface area contributed by atoms with Gasteiger partial charge in [-0.15, -0.1) is 0 Å². The Bertz CT molecular complexity index is 859. The largest absolute Gasteiger partial charge is 0.346 e. The third kappa shape index (κ3) is 4.66. The topological polar surface area (TPSA) is 35.6 Å². The Labute approximate surface area is 178 Å². The molecule has 0 radical (unpaired) electrons. The molecule has 0 spiro atoms. The Morgan fingerprint density at radius 3 is 2.55 bits per heavy atom. The minimum Gasteiger partial charge on any atom is -0.346 e. The number of piperazine rings is 1. The number of carbonyl (C=O) groups excluding carboxylic acids is 1. The van der Waals surface area contributed by atoms with Gasteiger partial charge in [0.25, 0.3) is 5.91 Å². The second-order valence-electron chi connectivity index (χ2n) is 8.41. The van der Waals surface area contributed by atoms with Crippen LogP contribution in [0, 0.1) is 0 Å². The average Bonchev–Trinajstić information content (AvgIpc) is 2.74. The lowest BCUT2D eigenvalue weighted by Gasteiger charge is -2.40. The van der Waals surface area contributed by atoms with Gasteiger partial charge in [-0.1, -0.05) is 29.8 Å². The number of fused-ring (bicyclic) bond motifs is 1. The number of aryl methyl sites for hydroxylation is 1. The molecule has 4 rings (SSSR count). The van der Waals surface area contributed by atoms with Gasteiger partial charge in [-0.2, -0.15) is 0 Å². The fraction of sp³-hybridized carbons (Fsp3) is 0.458. The maximum atomic E-state index is 12.9. The zero-order chi connectivity index (χ0) is 20.4. The van der Waals surface area contributed by atoms with E-state index in [1.165, 1.54) is 24.0 Å². The fourth-order valence-electron chi connectivity index (χ4n) is 4.54. The molecule has 1 aliphatic heterocycles. The molecule has 2 atom stereocenters. The molecule has 4 nitrogen and oxygen atoms in total. The van der Waals surface area contributed by atoms with E-state index in [2.05, 4.69) is 34.3 Å². The van der Waals surface area contributed by atoms with Crippen molar-refractivity contribution in [3.05, 3.63) is 69.7 Å². The van der Waals surface area contributed by atoms with Crippen LogP contribution in [0.4, 0.5) is 0 Å². The maximum Gasteiger partial charge on any atom is 0.251 e. The van der Waals surface area contributed by atoms with Crippen molar-refractivity contribution >= 4 is 17.5 Å². The summed E-state index contributed by atoms with van der Waals surface area (Å²) in [6, 6.07) is 14.3. The highest BCUT2D eigenvalue weighted by atomic mass is 35.5. The van der Waals surface area contributed by atoms with E-state index < -0.39 is 0 Å². The van der Waals surface area contributed by atoms with Gasteiger partial charge in [0.1, 0.15) is 0 Å². The molecule has 1 fully saturated rings. The van der Waals surface area contributed by atoms with Crippen LogP contribution in [0.1, 0.15) is 58.9 Å². The molecule has 1 N–H and O–H groups in total. The van der Waals surface area contributed by atoms with Gasteiger partial charge in [-0.25, -0.2) is 0 Å². The van der Waals surface area contributed by atoms with Gasteiger partial charge in [0.2, 0.25) is 0 Å². The zero-order valence-electron chi connectivity index (χ0n) is 17.3. The molecule has 1 saturated heterocycles. The number of hydrogen-bond acceptors (Lipinski definition) is 3. The highest BCUT2D eigenvalue weighted by molar-refractivity contribution is 6.30. The summed E-state index contributed by atoms with van der Waals surface area (Å²) < 4.78 is 0. The minimum atomic E-state index is -0.0655. The van der Waals surface area contributed by atoms with Crippen molar-refractivity contribution in [1.82, 2.24) is 15.1 Å². The third-order valence-corrected chi connectivity index (χ3v) is 6.64. The standard InChI is InChI=1S/C24H30ClN3O/c1-17(18-8-10-21(25)11-9-18)26-24(29)20-7-6-19-4-3-5-23(22(19)16-20)28-14-12-27(2)13-15-28/h6-11,16-17,23H,3-5,12-15H2,1-2H3,(H,26,29). The van der Waals surface area contributed by atoms with Crippen molar-refractivity contribution in [1.29, 1.82) is 0 Å². The number of amides is 1. The number of hydrogen-bond donors (Lipinski definition) is 1. The van der Waals surface area contributed by atoms with Crippen LogP contribution in [0.3, 0.4) is 0 Å². The van der Waals surface area contributed by atoms with Gasteiger partial charge in [-0.05, 0) is 74.2 Å². The molecule has 0 bridgehead atoms. The van der Waals surface area contributed by atoms with Gasteiger partial charge in [0.15, 0.2) is 0 Å². The molecule has 1 heterocycles. The summed E-state index contributed by atoms with van der Waals surface area (Å²) in [5, 5.41) is 3.84. The Hall–Kier alpha value is -1.88. The van der Waals surface area contributed by atoms with E-state index >= 15 is 0 Å². The SMILES string of the molecule is CC(NC(=O)c1ccc2c(c1)C(N1CCN(C)CC1)CCC2)c1ccc(Cl)cc1. The first-order valence-corrected chi connectivity index (χ1v) is 11.0. The van der Waals surface area contributed by atoms with Crippen molar-refractivity contribution in [3.8, 4) is 0 Å². The number of benzene rings is 2. The van der Waals surface area contributed by atoms with E-state index in [0.29, 0.717) is 11.1 Å². The molecule has 0 aromatic heterocycles. The van der Waals surface area contributed by atoms with Gasteiger partial charge in [-0.3, -0.25) is 9.69 Å². The summed E-state index contributed by atoms with van der Waals surface area (Å²) in [6.45, 7) is 6.44. The predicted octanol–water partition coefficient (Wildman–Crippen LogP) is 4.46. The van der Waals surface area contributed by atoms with Crippen molar-refractivity contribution in [2.24, 2.45) is 0 Å². The van der Waals surface area contributed by atoms with E-state index in [1.54, 1.807) is 0 Å². The summed E-state index contributed by atoms with van der Waals surface area (Å²) in [5.41, 5.74) is 4.57. The smallest absolute Gasteiger partial charge is 0.251 e. The highest BCUT2D eigenvalue weighted by Gasteiger charge is 2.28. The molecule has 29 heavy (non-hydrogen) atoms. The third-order valence-electron chi connectivity index (χ3n) is 6.39. The Balaban J connectivity index is 1.51. The average molecular weight is 412 g/mol. The van der Waals surface area contributed by atoms with Crippen molar-refractivity contribution < 1.29 is 4.79 Å². The first-order chi connectivity index (χ1) is 14.0. The zero-order valence-corrected chi connectivity index (χ0v) is 18.1. The monoisotopic (exact) mass is 411 g/mol. The molecule has 5 heteroatoms. The number of likely N-dealkylation sites (N-methyl/N-ethyl adjacent to an activating group) is 1. The van der Waals surface area contributed by atoms with Gasteiger partial charge in [0.05, 0.1) is 6.04 Å². The van der Waals surface area contributed by atoms with Crippen molar-refractivity contribution in [2.75, 3.05) is 33.2 Å². The normalized spacial score (nSPS) is 21.4.